The molecule has 0 amide bonds. The first-order valence-electron chi connectivity index (χ1n) is 5.70. The number of methoxy groups -OCH3 is 2. The van der Waals surface area contributed by atoms with Gasteiger partial charge in [-0.05, 0) is 18.2 Å². The van der Waals surface area contributed by atoms with Crippen molar-refractivity contribution in [1.29, 1.82) is 0 Å². The first-order valence-corrected chi connectivity index (χ1v) is 5.70. The van der Waals surface area contributed by atoms with Crippen molar-refractivity contribution < 1.29 is 14.4 Å². The van der Waals surface area contributed by atoms with E-state index in [-0.39, 0.29) is 17.2 Å². The number of nitrogen functional groups attached to an aromatic ring is 1. The number of anilines is 1. The zero-order valence-electron chi connectivity index (χ0n) is 11.0. The zero-order chi connectivity index (χ0) is 14.7. The lowest BCUT2D eigenvalue weighted by atomic mass is 10.1. The van der Waals surface area contributed by atoms with Gasteiger partial charge < -0.3 is 15.2 Å². The summed E-state index contributed by atoms with van der Waals surface area (Å²) in [6, 6.07) is 7.65. The predicted octanol–water partition coefficient (Wildman–Crippen LogP) is 2.26. The first kappa shape index (κ1) is 13.6. The summed E-state index contributed by atoms with van der Waals surface area (Å²) in [6.45, 7) is 0. The normalized spacial score (nSPS) is 10.1. The Labute approximate surface area is 115 Å². The molecule has 1 heterocycles. The Bertz CT molecular complexity index is 658. The molecule has 0 bridgehead atoms. The van der Waals surface area contributed by atoms with Gasteiger partial charge in [-0.1, -0.05) is 0 Å². The molecule has 2 rings (SSSR count). The largest absolute Gasteiger partial charge is 0.497 e. The first-order chi connectivity index (χ1) is 9.56. The van der Waals surface area contributed by atoms with E-state index in [2.05, 4.69) is 4.98 Å². The summed E-state index contributed by atoms with van der Waals surface area (Å²) in [5.74, 6) is 1.20. The number of nitro groups is 1. The molecule has 7 nitrogen and oxygen atoms in total. The number of hydrogen-bond acceptors (Lipinski definition) is 6. The van der Waals surface area contributed by atoms with E-state index < -0.39 is 4.92 Å². The number of ether oxygens (including phenoxy) is 2. The van der Waals surface area contributed by atoms with Crippen molar-refractivity contribution in [2.45, 2.75) is 0 Å². The van der Waals surface area contributed by atoms with Crippen molar-refractivity contribution in [1.82, 2.24) is 4.98 Å². The third-order valence-corrected chi connectivity index (χ3v) is 2.76. The molecule has 0 aliphatic rings. The van der Waals surface area contributed by atoms with Gasteiger partial charge in [0.15, 0.2) is 5.69 Å². The van der Waals surface area contributed by atoms with Crippen LogP contribution in [0, 0.1) is 10.1 Å². The molecule has 2 aromatic rings. The fraction of sp³-hybridized carbons (Fsp3) is 0.154. The lowest BCUT2D eigenvalue weighted by molar-refractivity contribution is -0.384. The second-order valence-corrected chi connectivity index (χ2v) is 3.93. The minimum absolute atomic E-state index is 0.136. The van der Waals surface area contributed by atoms with E-state index in [1.165, 1.54) is 26.4 Å². The lowest BCUT2D eigenvalue weighted by Crippen LogP contribution is -2.00. The molecule has 0 saturated heterocycles. The summed E-state index contributed by atoms with van der Waals surface area (Å²) in [6.07, 6.45) is 0. The Hall–Kier alpha value is -2.83. The van der Waals surface area contributed by atoms with Gasteiger partial charge in [0.2, 0.25) is 0 Å². The molecule has 2 N–H and O–H groups in total. The summed E-state index contributed by atoms with van der Waals surface area (Å²) in [4.78, 5) is 14.6. The fourth-order valence-corrected chi connectivity index (χ4v) is 1.81. The van der Waals surface area contributed by atoms with Gasteiger partial charge in [0, 0.05) is 17.7 Å². The highest BCUT2D eigenvalue weighted by Gasteiger charge is 2.20. The van der Waals surface area contributed by atoms with E-state index in [4.69, 9.17) is 15.2 Å². The van der Waals surface area contributed by atoms with Crippen LogP contribution in [-0.2, 0) is 0 Å². The Morgan fingerprint density at radius 3 is 2.55 bits per heavy atom. The Morgan fingerprint density at radius 2 is 1.95 bits per heavy atom. The summed E-state index contributed by atoms with van der Waals surface area (Å²) in [7, 11) is 2.99. The molecule has 0 radical (unpaired) electrons. The van der Waals surface area contributed by atoms with Gasteiger partial charge in [-0.3, -0.25) is 10.1 Å². The molecule has 7 heteroatoms. The maximum Gasteiger partial charge on any atom is 0.295 e. The molecule has 0 aliphatic heterocycles. The highest BCUT2D eigenvalue weighted by atomic mass is 16.6. The van der Waals surface area contributed by atoms with E-state index in [1.54, 1.807) is 18.2 Å². The van der Waals surface area contributed by atoms with Crippen LogP contribution in [0.3, 0.4) is 0 Å². The Morgan fingerprint density at radius 1 is 1.20 bits per heavy atom. The molecule has 104 valence electrons. The second kappa shape index (κ2) is 5.43. The van der Waals surface area contributed by atoms with Crippen LogP contribution in [0.1, 0.15) is 0 Å². The van der Waals surface area contributed by atoms with Crippen molar-refractivity contribution in [2.75, 3.05) is 20.0 Å². The van der Waals surface area contributed by atoms with Crippen LogP contribution in [0.4, 0.5) is 11.5 Å². The summed E-state index contributed by atoms with van der Waals surface area (Å²) < 4.78 is 10.3. The monoisotopic (exact) mass is 275 g/mol. The van der Waals surface area contributed by atoms with Gasteiger partial charge in [-0.25, -0.2) is 4.98 Å². The molecule has 0 atom stereocenters. The molecule has 0 aliphatic carbocycles. The number of pyridine rings is 1. The Balaban J connectivity index is 2.67. The number of benzene rings is 1. The molecule has 0 fully saturated rings. The molecular weight excluding hydrogens is 262 g/mol. The van der Waals surface area contributed by atoms with Gasteiger partial charge in [-0.15, -0.1) is 0 Å². The number of rotatable bonds is 4. The summed E-state index contributed by atoms with van der Waals surface area (Å²) in [5, 5.41) is 11.1. The minimum atomic E-state index is -0.508. The Kier molecular flexibility index (Phi) is 3.69. The number of nitrogens with two attached hydrogens (primary N) is 1. The third-order valence-electron chi connectivity index (χ3n) is 2.76. The van der Waals surface area contributed by atoms with Gasteiger partial charge in [-0.2, -0.15) is 0 Å². The number of aromatic nitrogens is 1. The average Bonchev–Trinajstić information content (AvgIpc) is 2.46. The lowest BCUT2D eigenvalue weighted by Gasteiger charge is -2.10. The smallest absolute Gasteiger partial charge is 0.295 e. The van der Waals surface area contributed by atoms with E-state index in [9.17, 15) is 10.1 Å². The number of hydrogen-bond donors (Lipinski definition) is 1. The van der Waals surface area contributed by atoms with E-state index in [0.29, 0.717) is 17.1 Å². The van der Waals surface area contributed by atoms with Gasteiger partial charge in [0.1, 0.15) is 17.3 Å². The molecular formula is C13H13N3O4. The van der Waals surface area contributed by atoms with Crippen LogP contribution in [0.25, 0.3) is 11.3 Å². The molecule has 1 aromatic heterocycles. The molecule has 0 unspecified atom stereocenters. The van der Waals surface area contributed by atoms with Gasteiger partial charge >= 0.3 is 0 Å². The standard InChI is InChI=1S/C13H13N3O4/c1-19-8-3-4-9(11(7-8)20-2)13-10(16(17)18)5-6-12(14)15-13/h3-7H,1-2H3,(H2,14,15). The van der Waals surface area contributed by atoms with E-state index >= 15 is 0 Å². The average molecular weight is 275 g/mol. The third kappa shape index (κ3) is 2.46. The molecule has 0 saturated carbocycles. The van der Waals surface area contributed by atoms with Crippen molar-refractivity contribution in [3.8, 4) is 22.8 Å². The van der Waals surface area contributed by atoms with Crippen LogP contribution in [0.2, 0.25) is 0 Å². The fourth-order valence-electron chi connectivity index (χ4n) is 1.81. The maximum absolute atomic E-state index is 11.1. The van der Waals surface area contributed by atoms with Crippen molar-refractivity contribution in [3.63, 3.8) is 0 Å². The highest BCUT2D eigenvalue weighted by molar-refractivity contribution is 5.76. The van der Waals surface area contributed by atoms with Crippen LogP contribution < -0.4 is 15.2 Å². The molecule has 1 aromatic carbocycles. The van der Waals surface area contributed by atoms with Crippen molar-refractivity contribution in [2.24, 2.45) is 0 Å². The predicted molar refractivity (Wildman–Crippen MR) is 73.8 cm³/mol. The topological polar surface area (TPSA) is 101 Å². The maximum atomic E-state index is 11.1. The van der Waals surface area contributed by atoms with Crippen LogP contribution >= 0.6 is 0 Å². The molecule has 0 spiro atoms. The SMILES string of the molecule is COc1ccc(-c2nc(N)ccc2[N+](=O)[O-])c(OC)c1. The van der Waals surface area contributed by atoms with Crippen molar-refractivity contribution >= 4 is 11.5 Å². The number of nitrogens with zero attached hydrogens (tertiary/aromatic N) is 2. The van der Waals surface area contributed by atoms with Crippen molar-refractivity contribution in [3.05, 3.63) is 40.4 Å². The van der Waals surface area contributed by atoms with E-state index in [1.807, 2.05) is 0 Å². The van der Waals surface area contributed by atoms with E-state index in [0.717, 1.165) is 0 Å². The highest BCUT2D eigenvalue weighted by Crippen LogP contribution is 2.37. The summed E-state index contributed by atoms with van der Waals surface area (Å²) >= 11 is 0. The van der Waals surface area contributed by atoms with Gasteiger partial charge in [0.05, 0.1) is 19.1 Å². The minimum Gasteiger partial charge on any atom is -0.497 e. The van der Waals surface area contributed by atoms with Crippen LogP contribution in [0.15, 0.2) is 30.3 Å². The summed E-state index contributed by atoms with van der Waals surface area (Å²) in [5.41, 5.74) is 6.12. The van der Waals surface area contributed by atoms with Crippen LogP contribution in [-0.4, -0.2) is 24.1 Å². The quantitative estimate of drug-likeness (QED) is 0.678. The van der Waals surface area contributed by atoms with Gasteiger partial charge in [0.25, 0.3) is 5.69 Å². The molecule has 20 heavy (non-hydrogen) atoms. The second-order valence-electron chi connectivity index (χ2n) is 3.93. The zero-order valence-corrected chi connectivity index (χ0v) is 11.0. The van der Waals surface area contributed by atoms with Crippen LogP contribution in [0.5, 0.6) is 11.5 Å².